The van der Waals surface area contributed by atoms with Gasteiger partial charge in [-0.3, -0.25) is 0 Å². The van der Waals surface area contributed by atoms with E-state index in [0.29, 0.717) is 33.2 Å². The van der Waals surface area contributed by atoms with E-state index in [9.17, 15) is 0 Å². The van der Waals surface area contributed by atoms with E-state index in [4.69, 9.17) is 65.8 Å². The van der Waals surface area contributed by atoms with Crippen LogP contribution in [-0.2, 0) is 35.6 Å². The molecule has 1 atom stereocenters. The Morgan fingerprint density at radius 3 is 2.23 bits per heavy atom. The lowest BCUT2D eigenvalue weighted by Gasteiger charge is -2.19. The molecule has 0 fully saturated rings. The Morgan fingerprint density at radius 1 is 0.974 bits per heavy atom. The van der Waals surface area contributed by atoms with E-state index in [2.05, 4.69) is 33.8 Å². The molecule has 206 valence electrons. The number of carbonyl (C=O) groups is 1. The normalized spacial score (nSPS) is 11.4. The Labute approximate surface area is 248 Å². The lowest BCUT2D eigenvalue weighted by atomic mass is 10.1. The number of carboxylic acid groups (broad SMARTS) is 1. The highest BCUT2D eigenvalue weighted by Gasteiger charge is 2.20. The number of imidazole rings is 1. The van der Waals surface area contributed by atoms with E-state index >= 15 is 0 Å². The average molecular weight is 610 g/mol. The number of rotatable bonds is 10. The van der Waals surface area contributed by atoms with Gasteiger partial charge in [0.1, 0.15) is 30.8 Å². The number of carboxylic acids is 1. The Morgan fingerprint density at radius 2 is 1.62 bits per heavy atom. The van der Waals surface area contributed by atoms with Crippen molar-refractivity contribution in [2.45, 2.75) is 39.1 Å². The smallest absolute Gasteiger partial charge is 0.243 e. The fourth-order valence-corrected chi connectivity index (χ4v) is 4.75. The predicted octanol–water partition coefficient (Wildman–Crippen LogP) is 6.35. The maximum atomic E-state index is 8.89. The van der Waals surface area contributed by atoms with Gasteiger partial charge in [0.25, 0.3) is 0 Å². The Hall–Kier alpha value is -2.74. The molecule has 0 aliphatic heterocycles. The first kappa shape index (κ1) is 30.8. The minimum Gasteiger partial charge on any atom is -0.550 e. The van der Waals surface area contributed by atoms with Crippen LogP contribution in [0.3, 0.4) is 0 Å². The standard InChI is InChI=1S/C27H25Cl4N2O2.C2H4O2/c1-34-23-7-2-19(3-8-23)10-11-32-12-13-33(18-32)16-27(24-9-6-22(29)15-26(24)31)35-17-20-4-5-21(28)14-25(20)30;1-2(3)4/h2-9,12-15,18,27H,10-11,16-17H2,1H3;1H3,(H,3,4)/q+1;/p-1. The second-order valence-electron chi connectivity index (χ2n) is 8.64. The number of hydrogen-bond acceptors (Lipinski definition) is 4. The molecule has 1 aromatic heterocycles. The number of aliphatic carboxylic acids is 1. The molecule has 4 rings (SSSR count). The van der Waals surface area contributed by atoms with Crippen LogP contribution in [0, 0.1) is 0 Å². The number of aromatic nitrogens is 2. The molecule has 4 aromatic rings. The molecule has 0 amide bonds. The monoisotopic (exact) mass is 608 g/mol. The van der Waals surface area contributed by atoms with Gasteiger partial charge in [-0.1, -0.05) is 70.7 Å². The van der Waals surface area contributed by atoms with Crippen LogP contribution in [0.25, 0.3) is 0 Å². The van der Waals surface area contributed by atoms with Crippen LogP contribution >= 0.6 is 46.4 Å². The van der Waals surface area contributed by atoms with E-state index in [1.807, 2.05) is 36.5 Å². The first-order valence-electron chi connectivity index (χ1n) is 12.0. The van der Waals surface area contributed by atoms with Crippen molar-refractivity contribution in [1.82, 2.24) is 4.57 Å². The molecular weight excluding hydrogens is 582 g/mol. The fraction of sp³-hybridized carbons (Fsp3) is 0.241. The molecule has 1 heterocycles. The minimum absolute atomic E-state index is 0.311. The van der Waals surface area contributed by atoms with Crippen molar-refractivity contribution in [3.05, 3.63) is 116 Å². The number of aryl methyl sites for hydroxylation is 2. The maximum absolute atomic E-state index is 8.89. The molecule has 6 nitrogen and oxygen atoms in total. The lowest BCUT2D eigenvalue weighted by Crippen LogP contribution is -2.35. The second kappa shape index (κ2) is 15.2. The number of carbonyl (C=O) groups excluding carboxylic acids is 1. The predicted molar refractivity (Wildman–Crippen MR) is 152 cm³/mol. The molecule has 39 heavy (non-hydrogen) atoms. The van der Waals surface area contributed by atoms with Crippen LogP contribution in [0.2, 0.25) is 20.1 Å². The summed E-state index contributed by atoms with van der Waals surface area (Å²) in [5.74, 6) is -0.223. The third-order valence-electron chi connectivity index (χ3n) is 5.71. The van der Waals surface area contributed by atoms with Gasteiger partial charge in [-0.25, -0.2) is 9.13 Å². The maximum Gasteiger partial charge on any atom is 0.243 e. The van der Waals surface area contributed by atoms with Gasteiger partial charge >= 0.3 is 0 Å². The molecule has 1 unspecified atom stereocenters. The summed E-state index contributed by atoms with van der Waals surface area (Å²) in [6.07, 6.45) is 6.76. The Kier molecular flexibility index (Phi) is 12.0. The van der Waals surface area contributed by atoms with Crippen molar-refractivity contribution in [1.29, 1.82) is 0 Å². The summed E-state index contributed by atoms with van der Waals surface area (Å²) in [4.78, 5) is 8.89. The SMILES string of the molecule is CC(=O)[O-].COc1ccc(CCn2cc[n+](CC(OCc3ccc(Cl)cc3Cl)c3ccc(Cl)cc3Cl)c2)cc1. The number of benzene rings is 3. The van der Waals surface area contributed by atoms with Crippen LogP contribution in [0.4, 0.5) is 0 Å². The molecule has 0 bridgehead atoms. The Balaban J connectivity index is 0.000000983. The highest BCUT2D eigenvalue weighted by molar-refractivity contribution is 6.35. The van der Waals surface area contributed by atoms with Crippen molar-refractivity contribution in [2.24, 2.45) is 0 Å². The summed E-state index contributed by atoms with van der Waals surface area (Å²) < 4.78 is 15.8. The summed E-state index contributed by atoms with van der Waals surface area (Å²) in [7, 11) is 1.67. The van der Waals surface area contributed by atoms with Gasteiger partial charge in [-0.05, 0) is 54.4 Å². The number of ether oxygens (including phenoxy) is 2. The van der Waals surface area contributed by atoms with Crippen molar-refractivity contribution >= 4 is 52.4 Å². The van der Waals surface area contributed by atoms with E-state index in [1.165, 1.54) is 5.56 Å². The molecule has 0 saturated carbocycles. The summed E-state index contributed by atoms with van der Waals surface area (Å²) in [5.41, 5.74) is 2.97. The third kappa shape index (κ3) is 10.1. The van der Waals surface area contributed by atoms with Crippen molar-refractivity contribution in [2.75, 3.05) is 7.11 Å². The summed E-state index contributed by atoms with van der Waals surface area (Å²) in [6, 6.07) is 19.0. The number of nitrogens with zero attached hydrogens (tertiary/aromatic N) is 2. The zero-order valence-electron chi connectivity index (χ0n) is 21.5. The topological polar surface area (TPSA) is 67.4 Å². The van der Waals surface area contributed by atoms with E-state index < -0.39 is 5.97 Å². The molecule has 0 aliphatic carbocycles. The van der Waals surface area contributed by atoms with E-state index in [1.54, 1.807) is 25.3 Å². The Bertz CT molecular complexity index is 1370. The van der Waals surface area contributed by atoms with Gasteiger partial charge < -0.3 is 19.4 Å². The van der Waals surface area contributed by atoms with Gasteiger partial charge in [0.05, 0.1) is 20.3 Å². The lowest BCUT2D eigenvalue weighted by molar-refractivity contribution is -0.704. The molecule has 10 heteroatoms. The number of hydrogen-bond donors (Lipinski definition) is 0. The van der Waals surface area contributed by atoms with Gasteiger partial charge in [-0.15, -0.1) is 0 Å². The minimum atomic E-state index is -1.08. The fourth-order valence-electron chi connectivity index (χ4n) is 3.75. The summed E-state index contributed by atoms with van der Waals surface area (Å²) in [5, 5.41) is 11.2. The molecular formula is C29H28Cl4N2O4. The van der Waals surface area contributed by atoms with Crippen molar-refractivity contribution < 1.29 is 23.9 Å². The van der Waals surface area contributed by atoms with Gasteiger partial charge in [0, 0.05) is 38.0 Å². The van der Waals surface area contributed by atoms with Gasteiger partial charge in [0.2, 0.25) is 6.33 Å². The average Bonchev–Trinajstić information content (AvgIpc) is 3.33. The van der Waals surface area contributed by atoms with Gasteiger partial charge in [-0.2, -0.15) is 0 Å². The third-order valence-corrected chi connectivity index (χ3v) is 6.85. The second-order valence-corrected chi connectivity index (χ2v) is 10.3. The summed E-state index contributed by atoms with van der Waals surface area (Å²) >= 11 is 25.0. The zero-order chi connectivity index (χ0) is 28.4. The van der Waals surface area contributed by atoms with Crippen molar-refractivity contribution in [3.63, 3.8) is 0 Å². The van der Waals surface area contributed by atoms with E-state index in [-0.39, 0.29) is 6.10 Å². The number of halogens is 4. The molecule has 0 spiro atoms. The highest BCUT2D eigenvalue weighted by Crippen LogP contribution is 2.31. The molecule has 0 aliphatic rings. The quantitative estimate of drug-likeness (QED) is 0.196. The van der Waals surface area contributed by atoms with Crippen molar-refractivity contribution in [3.8, 4) is 5.75 Å². The van der Waals surface area contributed by atoms with Crippen LogP contribution < -0.4 is 14.4 Å². The van der Waals surface area contributed by atoms with Crippen LogP contribution in [0.5, 0.6) is 5.75 Å². The highest BCUT2D eigenvalue weighted by atomic mass is 35.5. The molecule has 0 radical (unpaired) electrons. The molecule has 3 aromatic carbocycles. The zero-order valence-corrected chi connectivity index (χ0v) is 24.5. The first-order chi connectivity index (χ1) is 18.6. The van der Waals surface area contributed by atoms with Gasteiger partial charge in [0.15, 0.2) is 0 Å². The van der Waals surface area contributed by atoms with Crippen LogP contribution in [0.1, 0.15) is 29.7 Å². The summed E-state index contributed by atoms with van der Waals surface area (Å²) in [6.45, 7) is 2.72. The van der Waals surface area contributed by atoms with Crippen LogP contribution in [0.15, 0.2) is 79.4 Å². The number of methoxy groups -OCH3 is 1. The van der Waals surface area contributed by atoms with Crippen LogP contribution in [-0.4, -0.2) is 17.6 Å². The van der Waals surface area contributed by atoms with E-state index in [0.717, 1.165) is 36.8 Å². The molecule has 0 saturated heterocycles. The molecule has 0 N–H and O–H groups in total. The first-order valence-corrected chi connectivity index (χ1v) is 13.5. The largest absolute Gasteiger partial charge is 0.550 e.